The number of hydrogen-bond donors (Lipinski definition) is 1. The Hall–Kier alpha value is -1.95. The van der Waals surface area contributed by atoms with Gasteiger partial charge in [-0.2, -0.15) is 0 Å². The van der Waals surface area contributed by atoms with E-state index in [1.807, 2.05) is 19.1 Å². The van der Waals surface area contributed by atoms with Crippen LogP contribution in [0.1, 0.15) is 25.8 Å². The highest BCUT2D eigenvalue weighted by Crippen LogP contribution is 2.25. The Morgan fingerprint density at radius 2 is 2.23 bits per heavy atom. The monoisotopic (exact) mass is 320 g/mol. The van der Waals surface area contributed by atoms with E-state index in [0.29, 0.717) is 22.3 Å². The molecule has 0 aliphatic carbocycles. The van der Waals surface area contributed by atoms with Gasteiger partial charge in [-0.05, 0) is 31.0 Å². The molecule has 22 heavy (non-hydrogen) atoms. The summed E-state index contributed by atoms with van der Waals surface area (Å²) in [5.41, 5.74) is 6.93. The van der Waals surface area contributed by atoms with Gasteiger partial charge in [0.25, 0.3) is 0 Å². The summed E-state index contributed by atoms with van der Waals surface area (Å²) in [6.45, 7) is 4.08. The normalized spacial score (nSPS) is 13.3. The summed E-state index contributed by atoms with van der Waals surface area (Å²) in [5.74, 6) is 1.22. The van der Waals surface area contributed by atoms with Crippen LogP contribution < -0.4 is 16.1 Å². The molecule has 0 unspecified atom stereocenters. The lowest BCUT2D eigenvalue weighted by atomic mass is 10.1. The van der Waals surface area contributed by atoms with Crippen LogP contribution in [0.5, 0.6) is 5.75 Å². The van der Waals surface area contributed by atoms with Crippen molar-refractivity contribution >= 4 is 27.9 Å². The van der Waals surface area contributed by atoms with Gasteiger partial charge >= 0.3 is 5.63 Å². The first-order valence-corrected chi connectivity index (χ1v) is 8.09. The first-order chi connectivity index (χ1) is 10.5. The Morgan fingerprint density at radius 1 is 1.45 bits per heavy atom. The smallest absolute Gasteiger partial charge is 0.336 e. The van der Waals surface area contributed by atoms with Crippen LogP contribution >= 0.6 is 11.8 Å². The average Bonchev–Trinajstić information content (AvgIpc) is 2.51. The van der Waals surface area contributed by atoms with Crippen LogP contribution in [0.15, 0.2) is 38.5 Å². The van der Waals surface area contributed by atoms with Gasteiger partial charge < -0.3 is 14.9 Å². The Kier molecular flexibility index (Phi) is 5.49. The average molecular weight is 320 g/mol. The highest BCUT2D eigenvalue weighted by Gasteiger charge is 2.08. The molecule has 0 saturated heterocycles. The molecule has 2 rings (SSSR count). The van der Waals surface area contributed by atoms with E-state index in [1.165, 1.54) is 17.8 Å². The number of fused-ring (bicyclic) bond motifs is 1. The minimum absolute atomic E-state index is 0.203. The largest absolute Gasteiger partial charge is 0.497 e. The third-order valence-electron chi connectivity index (χ3n) is 3.35. The molecule has 1 atom stereocenters. The van der Waals surface area contributed by atoms with Crippen LogP contribution in [0.3, 0.4) is 0 Å². The van der Waals surface area contributed by atoms with E-state index in [4.69, 9.17) is 14.9 Å². The summed E-state index contributed by atoms with van der Waals surface area (Å²) in [6, 6.07) is 7.14. The molecule has 6 heteroatoms. The van der Waals surface area contributed by atoms with E-state index in [1.54, 1.807) is 13.2 Å². The topological polar surface area (TPSA) is 77.8 Å². The van der Waals surface area contributed by atoms with Crippen molar-refractivity contribution in [3.63, 3.8) is 0 Å². The number of rotatable bonds is 5. The number of ether oxygens (including phenoxy) is 1. The predicted octanol–water partition coefficient (Wildman–Crippen LogP) is 3.15. The lowest BCUT2D eigenvalue weighted by Gasteiger charge is -2.08. The molecular formula is C16H20N2O3S. The van der Waals surface area contributed by atoms with Crippen LogP contribution in [-0.2, 0) is 5.75 Å². The van der Waals surface area contributed by atoms with Crippen LogP contribution in [0.25, 0.3) is 11.0 Å². The van der Waals surface area contributed by atoms with Gasteiger partial charge in [0.15, 0.2) is 5.17 Å². The third-order valence-corrected chi connectivity index (χ3v) is 4.21. The maximum absolute atomic E-state index is 11.7. The summed E-state index contributed by atoms with van der Waals surface area (Å²) >= 11 is 1.42. The van der Waals surface area contributed by atoms with Crippen molar-refractivity contribution in [2.24, 2.45) is 10.7 Å². The van der Waals surface area contributed by atoms with Crippen LogP contribution in [0.4, 0.5) is 0 Å². The van der Waals surface area contributed by atoms with Crippen LogP contribution in [0.2, 0.25) is 0 Å². The Balaban J connectivity index is 2.27. The van der Waals surface area contributed by atoms with Crippen molar-refractivity contribution in [1.29, 1.82) is 0 Å². The molecule has 0 aliphatic heterocycles. The predicted molar refractivity (Wildman–Crippen MR) is 91.7 cm³/mol. The van der Waals surface area contributed by atoms with Gasteiger partial charge in [-0.3, -0.25) is 4.99 Å². The summed E-state index contributed by atoms with van der Waals surface area (Å²) in [6.07, 6.45) is 0.943. The molecule has 2 N–H and O–H groups in total. The van der Waals surface area contributed by atoms with Crippen molar-refractivity contribution in [2.75, 3.05) is 7.11 Å². The Labute approximate surface area is 133 Å². The van der Waals surface area contributed by atoms with Gasteiger partial charge in [-0.1, -0.05) is 18.7 Å². The van der Waals surface area contributed by atoms with Gasteiger partial charge in [-0.15, -0.1) is 0 Å². The lowest BCUT2D eigenvalue weighted by molar-refractivity contribution is 0.414. The fourth-order valence-electron chi connectivity index (χ4n) is 1.95. The van der Waals surface area contributed by atoms with E-state index in [9.17, 15) is 4.79 Å². The van der Waals surface area contributed by atoms with Gasteiger partial charge in [-0.25, -0.2) is 4.79 Å². The van der Waals surface area contributed by atoms with Crippen molar-refractivity contribution in [3.05, 3.63) is 40.2 Å². The number of nitrogens with zero attached hydrogens (tertiary/aromatic N) is 1. The summed E-state index contributed by atoms with van der Waals surface area (Å²) < 4.78 is 10.4. The highest BCUT2D eigenvalue weighted by molar-refractivity contribution is 8.13. The fraction of sp³-hybridized carbons (Fsp3) is 0.375. The number of thioether (sulfide) groups is 1. The Bertz CT molecular complexity index is 740. The van der Waals surface area contributed by atoms with Gasteiger partial charge in [0, 0.05) is 29.3 Å². The zero-order chi connectivity index (χ0) is 16.1. The van der Waals surface area contributed by atoms with Crippen molar-refractivity contribution < 1.29 is 9.15 Å². The van der Waals surface area contributed by atoms with Crippen LogP contribution in [-0.4, -0.2) is 18.3 Å². The molecule has 0 fully saturated rings. The number of amidine groups is 1. The number of benzene rings is 1. The quantitative estimate of drug-likeness (QED) is 0.520. The van der Waals surface area contributed by atoms with Crippen molar-refractivity contribution in [3.8, 4) is 5.75 Å². The molecule has 0 radical (unpaired) electrons. The van der Waals surface area contributed by atoms with Crippen molar-refractivity contribution in [1.82, 2.24) is 0 Å². The lowest BCUT2D eigenvalue weighted by Crippen LogP contribution is -2.11. The first-order valence-electron chi connectivity index (χ1n) is 7.10. The standard InChI is InChI=1S/C16H20N2O3S/c1-4-10(2)18-16(17)22-9-11-7-15(19)21-14-8-12(20-3)5-6-13(11)14/h5-8,10H,4,9H2,1-3H3,(H2,17,18)/t10-/m0/s1. The summed E-state index contributed by atoms with van der Waals surface area (Å²) in [7, 11) is 1.57. The van der Waals surface area contributed by atoms with E-state index in [-0.39, 0.29) is 11.7 Å². The third kappa shape index (κ3) is 4.04. The maximum atomic E-state index is 11.7. The Morgan fingerprint density at radius 3 is 2.91 bits per heavy atom. The molecule has 0 bridgehead atoms. The molecule has 0 aliphatic rings. The zero-order valence-corrected chi connectivity index (χ0v) is 13.8. The molecule has 118 valence electrons. The molecule has 5 nitrogen and oxygen atoms in total. The van der Waals surface area contributed by atoms with Gasteiger partial charge in [0.1, 0.15) is 11.3 Å². The molecular weight excluding hydrogens is 300 g/mol. The highest BCUT2D eigenvalue weighted by atomic mass is 32.2. The molecule has 0 spiro atoms. The number of hydrogen-bond acceptors (Lipinski definition) is 5. The first kappa shape index (κ1) is 16.4. The van der Waals surface area contributed by atoms with E-state index < -0.39 is 0 Å². The fourth-order valence-corrected chi connectivity index (χ4v) is 2.75. The summed E-state index contributed by atoms with van der Waals surface area (Å²) in [5, 5.41) is 1.41. The van der Waals surface area contributed by atoms with Crippen LogP contribution in [0, 0.1) is 0 Å². The minimum Gasteiger partial charge on any atom is -0.497 e. The second-order valence-electron chi connectivity index (χ2n) is 4.97. The van der Waals surface area contributed by atoms with E-state index in [0.717, 1.165) is 17.4 Å². The number of aliphatic imine (C=N–C) groups is 1. The second kappa shape index (κ2) is 7.35. The molecule has 0 saturated carbocycles. The zero-order valence-electron chi connectivity index (χ0n) is 13.0. The molecule has 0 amide bonds. The van der Waals surface area contributed by atoms with Gasteiger partial charge in [0.2, 0.25) is 0 Å². The SMILES string of the molecule is CC[C@H](C)N=C(N)SCc1cc(=O)oc2cc(OC)ccc12. The van der Waals surface area contributed by atoms with Crippen molar-refractivity contribution in [2.45, 2.75) is 32.1 Å². The molecule has 2 aromatic rings. The van der Waals surface area contributed by atoms with E-state index >= 15 is 0 Å². The number of nitrogens with two attached hydrogens (primary N) is 1. The second-order valence-corrected chi connectivity index (χ2v) is 5.96. The number of methoxy groups -OCH3 is 1. The molecule has 1 aromatic carbocycles. The minimum atomic E-state index is -0.381. The molecule has 1 heterocycles. The molecule has 1 aromatic heterocycles. The summed E-state index contributed by atoms with van der Waals surface area (Å²) in [4.78, 5) is 16.1. The van der Waals surface area contributed by atoms with Gasteiger partial charge in [0.05, 0.1) is 7.11 Å². The van der Waals surface area contributed by atoms with E-state index in [2.05, 4.69) is 11.9 Å². The maximum Gasteiger partial charge on any atom is 0.336 e.